The van der Waals surface area contributed by atoms with Gasteiger partial charge in [-0.1, -0.05) is 25.7 Å². The normalized spacial score (nSPS) is 24.7. The van der Waals surface area contributed by atoms with Crippen molar-refractivity contribution >= 4 is 5.91 Å². The molecule has 1 saturated carbocycles. The third-order valence-corrected chi connectivity index (χ3v) is 4.69. The van der Waals surface area contributed by atoms with Crippen molar-refractivity contribution in [1.82, 2.24) is 5.32 Å². The molecule has 0 spiro atoms. The summed E-state index contributed by atoms with van der Waals surface area (Å²) in [4.78, 5) is 12.2. The van der Waals surface area contributed by atoms with Crippen molar-refractivity contribution in [2.75, 3.05) is 19.8 Å². The number of nitrogens with one attached hydrogen (secondary N) is 1. The van der Waals surface area contributed by atoms with Crippen LogP contribution in [0, 0.1) is 5.92 Å². The lowest BCUT2D eigenvalue weighted by Gasteiger charge is -2.37. The van der Waals surface area contributed by atoms with Crippen molar-refractivity contribution < 1.29 is 9.53 Å². The summed E-state index contributed by atoms with van der Waals surface area (Å²) in [5.74, 6) is 0.774. The van der Waals surface area contributed by atoms with Gasteiger partial charge in [0.1, 0.15) is 0 Å². The maximum atomic E-state index is 12.2. The fourth-order valence-corrected chi connectivity index (χ4v) is 3.32. The van der Waals surface area contributed by atoms with Gasteiger partial charge in [0.05, 0.1) is 5.54 Å². The van der Waals surface area contributed by atoms with Gasteiger partial charge in [0.2, 0.25) is 5.91 Å². The van der Waals surface area contributed by atoms with E-state index in [1.54, 1.807) is 0 Å². The first-order valence-corrected chi connectivity index (χ1v) is 7.83. The van der Waals surface area contributed by atoms with E-state index >= 15 is 0 Å². The quantitative estimate of drug-likeness (QED) is 0.766. The van der Waals surface area contributed by atoms with E-state index in [1.807, 2.05) is 0 Å². The Morgan fingerprint density at radius 3 is 2.37 bits per heavy atom. The summed E-state index contributed by atoms with van der Waals surface area (Å²) in [6.45, 7) is 1.94. The lowest BCUT2D eigenvalue weighted by atomic mass is 9.89. The first kappa shape index (κ1) is 14.8. The molecule has 2 aliphatic rings. The zero-order chi connectivity index (χ0) is 13.6. The number of carbonyl (C=O) groups excluding carboxylic acids is 1. The van der Waals surface area contributed by atoms with Gasteiger partial charge in [0, 0.05) is 26.2 Å². The Bertz CT molecular complexity index is 280. The molecule has 0 radical (unpaired) electrons. The first-order valence-electron chi connectivity index (χ1n) is 7.83. The molecule has 0 unspecified atom stereocenters. The van der Waals surface area contributed by atoms with Gasteiger partial charge in [-0.3, -0.25) is 4.79 Å². The van der Waals surface area contributed by atoms with Crippen LogP contribution >= 0.6 is 0 Å². The van der Waals surface area contributed by atoms with Crippen LogP contribution in [0.25, 0.3) is 0 Å². The third-order valence-electron chi connectivity index (χ3n) is 4.69. The monoisotopic (exact) mass is 268 g/mol. The molecule has 1 saturated heterocycles. The summed E-state index contributed by atoms with van der Waals surface area (Å²) in [5.41, 5.74) is 5.67. The number of hydrogen-bond donors (Lipinski definition) is 2. The van der Waals surface area contributed by atoms with Crippen LogP contribution in [0.5, 0.6) is 0 Å². The largest absolute Gasteiger partial charge is 0.381 e. The van der Waals surface area contributed by atoms with Gasteiger partial charge in [0.15, 0.2) is 0 Å². The van der Waals surface area contributed by atoms with Crippen molar-refractivity contribution in [2.24, 2.45) is 11.7 Å². The average Bonchev–Trinajstić information content (AvgIpc) is 2.68. The predicted molar refractivity (Wildman–Crippen MR) is 75.8 cm³/mol. The summed E-state index contributed by atoms with van der Waals surface area (Å²) >= 11 is 0. The van der Waals surface area contributed by atoms with Crippen molar-refractivity contribution in [2.45, 2.75) is 63.3 Å². The second-order valence-electron chi connectivity index (χ2n) is 6.21. The van der Waals surface area contributed by atoms with Gasteiger partial charge in [-0.05, 0) is 31.6 Å². The zero-order valence-electron chi connectivity index (χ0n) is 12.0. The van der Waals surface area contributed by atoms with Crippen LogP contribution in [0.1, 0.15) is 57.8 Å². The van der Waals surface area contributed by atoms with Crippen molar-refractivity contribution in [3.8, 4) is 0 Å². The van der Waals surface area contributed by atoms with Crippen molar-refractivity contribution in [1.29, 1.82) is 0 Å². The summed E-state index contributed by atoms with van der Waals surface area (Å²) in [5, 5.41) is 3.21. The topological polar surface area (TPSA) is 64.3 Å². The molecule has 3 N–H and O–H groups in total. The average molecular weight is 268 g/mol. The fourth-order valence-electron chi connectivity index (χ4n) is 3.32. The van der Waals surface area contributed by atoms with Gasteiger partial charge in [-0.15, -0.1) is 0 Å². The summed E-state index contributed by atoms with van der Waals surface area (Å²) in [6.07, 6.45) is 10.0. The molecule has 0 bridgehead atoms. The minimum atomic E-state index is -0.208. The van der Waals surface area contributed by atoms with Crippen LogP contribution < -0.4 is 11.1 Å². The van der Waals surface area contributed by atoms with Crippen LogP contribution in [0.2, 0.25) is 0 Å². The van der Waals surface area contributed by atoms with Crippen molar-refractivity contribution in [3.63, 3.8) is 0 Å². The summed E-state index contributed by atoms with van der Waals surface area (Å²) in [6, 6.07) is 0. The molecule has 1 aliphatic heterocycles. The molecule has 2 rings (SSSR count). The minimum Gasteiger partial charge on any atom is -0.381 e. The molecule has 4 heteroatoms. The second-order valence-corrected chi connectivity index (χ2v) is 6.21. The molecule has 110 valence electrons. The Labute approximate surface area is 116 Å². The van der Waals surface area contributed by atoms with E-state index in [-0.39, 0.29) is 11.4 Å². The molecule has 0 atom stereocenters. The van der Waals surface area contributed by atoms with E-state index in [0.29, 0.717) is 32.1 Å². The number of hydrogen-bond acceptors (Lipinski definition) is 3. The Balaban J connectivity index is 1.81. The molecule has 2 fully saturated rings. The molecule has 1 amide bonds. The molecule has 19 heavy (non-hydrogen) atoms. The molecule has 0 aromatic rings. The zero-order valence-corrected chi connectivity index (χ0v) is 12.0. The third kappa shape index (κ3) is 4.46. The highest BCUT2D eigenvalue weighted by atomic mass is 16.5. The highest BCUT2D eigenvalue weighted by Gasteiger charge is 2.33. The van der Waals surface area contributed by atoms with Gasteiger partial charge in [-0.2, -0.15) is 0 Å². The highest BCUT2D eigenvalue weighted by molar-refractivity contribution is 5.77. The number of rotatable bonds is 4. The Morgan fingerprint density at radius 2 is 1.79 bits per heavy atom. The molecule has 0 aromatic carbocycles. The Morgan fingerprint density at radius 1 is 1.16 bits per heavy atom. The first-order chi connectivity index (χ1) is 9.24. The molecule has 1 heterocycles. The SMILES string of the molecule is NCC1(NC(=O)CC2CCCCCC2)CCOCC1. The summed E-state index contributed by atoms with van der Waals surface area (Å²) < 4.78 is 5.37. The van der Waals surface area contributed by atoms with Crippen LogP contribution in [-0.2, 0) is 9.53 Å². The van der Waals surface area contributed by atoms with E-state index < -0.39 is 0 Å². The van der Waals surface area contributed by atoms with E-state index in [0.717, 1.165) is 12.8 Å². The van der Waals surface area contributed by atoms with Crippen LogP contribution in [0.3, 0.4) is 0 Å². The standard InChI is InChI=1S/C15H28N2O2/c16-12-15(7-9-19-10-8-15)17-14(18)11-13-5-3-1-2-4-6-13/h13H,1-12,16H2,(H,17,18). The Kier molecular flexibility index (Phi) is 5.64. The van der Waals surface area contributed by atoms with Crippen LogP contribution in [0.15, 0.2) is 0 Å². The van der Waals surface area contributed by atoms with Crippen LogP contribution in [0.4, 0.5) is 0 Å². The van der Waals surface area contributed by atoms with Crippen molar-refractivity contribution in [3.05, 3.63) is 0 Å². The fraction of sp³-hybridized carbons (Fsp3) is 0.933. The lowest BCUT2D eigenvalue weighted by Crippen LogP contribution is -2.56. The number of carbonyl (C=O) groups is 1. The van der Waals surface area contributed by atoms with Gasteiger partial charge in [-0.25, -0.2) is 0 Å². The second kappa shape index (κ2) is 7.25. The molecular formula is C15H28N2O2. The highest BCUT2D eigenvalue weighted by Crippen LogP contribution is 2.26. The van der Waals surface area contributed by atoms with E-state index in [1.165, 1.54) is 38.5 Å². The Hall–Kier alpha value is -0.610. The van der Waals surface area contributed by atoms with Crippen LogP contribution in [-0.4, -0.2) is 31.2 Å². The maximum absolute atomic E-state index is 12.2. The maximum Gasteiger partial charge on any atom is 0.220 e. The van der Waals surface area contributed by atoms with E-state index in [9.17, 15) is 4.79 Å². The van der Waals surface area contributed by atoms with Gasteiger partial charge >= 0.3 is 0 Å². The smallest absolute Gasteiger partial charge is 0.220 e. The number of ether oxygens (including phenoxy) is 1. The summed E-state index contributed by atoms with van der Waals surface area (Å²) in [7, 11) is 0. The van der Waals surface area contributed by atoms with E-state index in [2.05, 4.69) is 5.32 Å². The van der Waals surface area contributed by atoms with Gasteiger partial charge in [0.25, 0.3) is 0 Å². The molecule has 1 aliphatic carbocycles. The van der Waals surface area contributed by atoms with Gasteiger partial charge < -0.3 is 15.8 Å². The number of amides is 1. The lowest BCUT2D eigenvalue weighted by molar-refractivity contribution is -0.125. The minimum absolute atomic E-state index is 0.194. The van der Waals surface area contributed by atoms with E-state index in [4.69, 9.17) is 10.5 Å². The predicted octanol–water partition coefficient (Wildman–Crippen LogP) is 1.97. The molecule has 0 aromatic heterocycles. The number of nitrogens with two attached hydrogens (primary N) is 1. The molecular weight excluding hydrogens is 240 g/mol. The molecule has 4 nitrogen and oxygen atoms in total.